The molecule has 1 atom stereocenters. The highest BCUT2D eigenvalue weighted by Gasteiger charge is 2.17. The van der Waals surface area contributed by atoms with E-state index in [-0.39, 0.29) is 5.56 Å². The van der Waals surface area contributed by atoms with Gasteiger partial charge in [-0.3, -0.25) is 0 Å². The Balaban J connectivity index is 2.89. The van der Waals surface area contributed by atoms with Gasteiger partial charge in [0.1, 0.15) is 5.82 Å². The lowest BCUT2D eigenvalue weighted by Crippen LogP contribution is -2.05. The lowest BCUT2D eigenvalue weighted by molar-refractivity contribution is -0.143. The van der Waals surface area contributed by atoms with Crippen LogP contribution < -0.4 is 0 Å². The molecule has 1 N–H and O–H groups in total. The van der Waals surface area contributed by atoms with Crippen molar-refractivity contribution in [3.8, 4) is 0 Å². The SMILES string of the molecule is O=C(O)C(F)c1ccc(F)cc1. The zero-order chi connectivity index (χ0) is 9.14. The van der Waals surface area contributed by atoms with Crippen LogP contribution in [-0.4, -0.2) is 11.1 Å². The molecule has 0 spiro atoms. The van der Waals surface area contributed by atoms with E-state index in [1.54, 1.807) is 0 Å². The first-order chi connectivity index (χ1) is 5.61. The average molecular weight is 172 g/mol. The highest BCUT2D eigenvalue weighted by molar-refractivity contribution is 5.74. The van der Waals surface area contributed by atoms with E-state index in [1.165, 1.54) is 0 Å². The van der Waals surface area contributed by atoms with Crippen LogP contribution in [0.1, 0.15) is 11.7 Å². The minimum absolute atomic E-state index is 0.0519. The Bertz CT molecular complexity index is 282. The van der Waals surface area contributed by atoms with Gasteiger partial charge in [0.25, 0.3) is 0 Å². The Kier molecular flexibility index (Phi) is 2.38. The lowest BCUT2D eigenvalue weighted by atomic mass is 10.1. The summed E-state index contributed by atoms with van der Waals surface area (Å²) in [5.41, 5.74) is -0.0519. The Morgan fingerprint density at radius 2 is 1.83 bits per heavy atom. The maximum absolute atomic E-state index is 12.7. The molecule has 0 aliphatic rings. The number of rotatable bonds is 2. The van der Waals surface area contributed by atoms with Gasteiger partial charge in [0.2, 0.25) is 6.17 Å². The van der Waals surface area contributed by atoms with Crippen molar-refractivity contribution in [2.75, 3.05) is 0 Å². The van der Waals surface area contributed by atoms with Crippen LogP contribution in [0.4, 0.5) is 8.78 Å². The van der Waals surface area contributed by atoms with E-state index < -0.39 is 18.0 Å². The van der Waals surface area contributed by atoms with Crippen molar-refractivity contribution in [3.63, 3.8) is 0 Å². The number of aliphatic carboxylic acids is 1. The zero-order valence-electron chi connectivity index (χ0n) is 6.00. The summed E-state index contributed by atoms with van der Waals surface area (Å²) in [6.07, 6.45) is -2.08. The van der Waals surface area contributed by atoms with Gasteiger partial charge in [0.05, 0.1) is 0 Å². The topological polar surface area (TPSA) is 37.3 Å². The molecule has 0 heterocycles. The molecule has 64 valence electrons. The molecule has 1 aromatic carbocycles. The Morgan fingerprint density at radius 1 is 1.33 bits per heavy atom. The van der Waals surface area contributed by atoms with E-state index in [0.29, 0.717) is 0 Å². The van der Waals surface area contributed by atoms with Gasteiger partial charge in [0, 0.05) is 0 Å². The second-order valence-electron chi connectivity index (χ2n) is 2.25. The second-order valence-corrected chi connectivity index (χ2v) is 2.25. The van der Waals surface area contributed by atoms with Crippen molar-refractivity contribution in [3.05, 3.63) is 35.6 Å². The normalized spacial score (nSPS) is 12.5. The molecule has 12 heavy (non-hydrogen) atoms. The number of hydrogen-bond donors (Lipinski definition) is 1. The third-order valence-electron chi connectivity index (χ3n) is 1.38. The molecule has 1 unspecified atom stereocenters. The minimum atomic E-state index is -2.08. The van der Waals surface area contributed by atoms with Crippen LogP contribution in [0.3, 0.4) is 0 Å². The number of carboxylic acids is 1. The van der Waals surface area contributed by atoms with Crippen molar-refractivity contribution in [1.29, 1.82) is 0 Å². The number of halogens is 2. The maximum Gasteiger partial charge on any atom is 0.343 e. The molecular weight excluding hydrogens is 166 g/mol. The van der Waals surface area contributed by atoms with Crippen LogP contribution in [0.15, 0.2) is 24.3 Å². The van der Waals surface area contributed by atoms with Crippen LogP contribution in [0.25, 0.3) is 0 Å². The van der Waals surface area contributed by atoms with Gasteiger partial charge in [-0.15, -0.1) is 0 Å². The summed E-state index contributed by atoms with van der Waals surface area (Å²) in [7, 11) is 0. The molecule has 0 aliphatic heterocycles. The van der Waals surface area contributed by atoms with Gasteiger partial charge in [0.15, 0.2) is 0 Å². The molecule has 0 amide bonds. The first-order valence-corrected chi connectivity index (χ1v) is 3.23. The first-order valence-electron chi connectivity index (χ1n) is 3.23. The molecule has 0 bridgehead atoms. The van der Waals surface area contributed by atoms with Gasteiger partial charge in [-0.05, 0) is 17.7 Å². The smallest absolute Gasteiger partial charge is 0.343 e. The number of carboxylic acid groups (broad SMARTS) is 1. The molecule has 1 aromatic rings. The summed E-state index contributed by atoms with van der Waals surface area (Å²) in [6.45, 7) is 0. The number of carbonyl (C=O) groups is 1. The first kappa shape index (κ1) is 8.64. The predicted molar refractivity (Wildman–Crippen MR) is 37.9 cm³/mol. The minimum Gasteiger partial charge on any atom is -0.479 e. The molecule has 0 saturated heterocycles. The second kappa shape index (κ2) is 3.30. The van der Waals surface area contributed by atoms with Crippen molar-refractivity contribution in [2.45, 2.75) is 6.17 Å². The van der Waals surface area contributed by atoms with Crippen LogP contribution in [0, 0.1) is 5.82 Å². The van der Waals surface area contributed by atoms with E-state index in [4.69, 9.17) is 5.11 Å². The van der Waals surface area contributed by atoms with Crippen molar-refractivity contribution in [2.24, 2.45) is 0 Å². The Morgan fingerprint density at radius 3 is 2.25 bits per heavy atom. The van der Waals surface area contributed by atoms with Crippen molar-refractivity contribution < 1.29 is 18.7 Å². The predicted octanol–water partition coefficient (Wildman–Crippen LogP) is 1.92. The van der Waals surface area contributed by atoms with Gasteiger partial charge >= 0.3 is 5.97 Å². The van der Waals surface area contributed by atoms with E-state index in [2.05, 4.69) is 0 Å². The highest BCUT2D eigenvalue weighted by atomic mass is 19.1. The monoisotopic (exact) mass is 172 g/mol. The van der Waals surface area contributed by atoms with Crippen LogP contribution in [0.5, 0.6) is 0 Å². The number of hydrogen-bond acceptors (Lipinski definition) is 1. The Hall–Kier alpha value is -1.45. The molecule has 0 radical (unpaired) electrons. The molecule has 0 fully saturated rings. The summed E-state index contributed by atoms with van der Waals surface area (Å²) >= 11 is 0. The molecule has 1 rings (SSSR count). The van der Waals surface area contributed by atoms with Gasteiger partial charge in [-0.25, -0.2) is 13.6 Å². The fourth-order valence-corrected chi connectivity index (χ4v) is 0.774. The molecule has 0 aromatic heterocycles. The highest BCUT2D eigenvalue weighted by Crippen LogP contribution is 2.17. The molecule has 0 aliphatic carbocycles. The lowest BCUT2D eigenvalue weighted by Gasteiger charge is -2.01. The number of alkyl halides is 1. The standard InChI is InChI=1S/C8H6F2O2/c9-6-3-1-5(2-4-6)7(10)8(11)12/h1-4,7H,(H,11,12). The van der Waals surface area contributed by atoms with Crippen molar-refractivity contribution >= 4 is 5.97 Å². The quantitative estimate of drug-likeness (QED) is 0.739. The summed E-state index contributed by atoms with van der Waals surface area (Å²) < 4.78 is 24.9. The molecular formula is C8H6F2O2. The van der Waals surface area contributed by atoms with Crippen LogP contribution in [0.2, 0.25) is 0 Å². The largest absolute Gasteiger partial charge is 0.479 e. The third-order valence-corrected chi connectivity index (χ3v) is 1.38. The molecule has 2 nitrogen and oxygen atoms in total. The third kappa shape index (κ3) is 1.78. The maximum atomic E-state index is 12.7. The van der Waals surface area contributed by atoms with Crippen LogP contribution >= 0.6 is 0 Å². The summed E-state index contributed by atoms with van der Waals surface area (Å²) in [5.74, 6) is -2.09. The van der Waals surface area contributed by atoms with E-state index in [9.17, 15) is 13.6 Å². The summed E-state index contributed by atoms with van der Waals surface area (Å²) in [4.78, 5) is 10.1. The Labute approximate surface area is 67.4 Å². The van der Waals surface area contributed by atoms with E-state index in [0.717, 1.165) is 24.3 Å². The van der Waals surface area contributed by atoms with Crippen molar-refractivity contribution in [1.82, 2.24) is 0 Å². The van der Waals surface area contributed by atoms with Gasteiger partial charge < -0.3 is 5.11 Å². The van der Waals surface area contributed by atoms with E-state index in [1.807, 2.05) is 0 Å². The molecule has 4 heteroatoms. The van der Waals surface area contributed by atoms with E-state index >= 15 is 0 Å². The van der Waals surface area contributed by atoms with Crippen LogP contribution in [-0.2, 0) is 4.79 Å². The molecule has 0 saturated carbocycles. The zero-order valence-corrected chi connectivity index (χ0v) is 6.00. The number of benzene rings is 1. The fourth-order valence-electron chi connectivity index (χ4n) is 0.774. The fraction of sp³-hybridized carbons (Fsp3) is 0.125. The average Bonchev–Trinajstić information content (AvgIpc) is 2.04. The van der Waals surface area contributed by atoms with Gasteiger partial charge in [-0.2, -0.15) is 0 Å². The summed E-state index contributed by atoms with van der Waals surface area (Å²) in [5, 5.41) is 8.24. The van der Waals surface area contributed by atoms with Gasteiger partial charge in [-0.1, -0.05) is 12.1 Å². The summed E-state index contributed by atoms with van der Waals surface area (Å²) in [6, 6.07) is 4.25.